The monoisotopic (exact) mass is 328 g/mol. The lowest BCUT2D eigenvalue weighted by Crippen LogP contribution is -2.47. The van der Waals surface area contributed by atoms with Gasteiger partial charge in [0.15, 0.2) is 0 Å². The molecule has 1 aromatic carbocycles. The van der Waals surface area contributed by atoms with Gasteiger partial charge in [0.2, 0.25) is 0 Å². The van der Waals surface area contributed by atoms with Crippen LogP contribution in [0.3, 0.4) is 0 Å². The molecule has 0 aliphatic rings. The summed E-state index contributed by atoms with van der Waals surface area (Å²) in [5, 5.41) is 5.84. The van der Waals surface area contributed by atoms with Gasteiger partial charge in [-0.05, 0) is 44.9 Å². The highest BCUT2D eigenvalue weighted by atomic mass is 19.1. The zero-order valence-corrected chi connectivity index (χ0v) is 14.4. The number of nitrogens with one attached hydrogen (secondary N) is 2. The number of carbonyl (C=O) groups is 1. The molecular formula is C17H26F2N2O2. The van der Waals surface area contributed by atoms with Crippen molar-refractivity contribution in [3.05, 3.63) is 35.4 Å². The van der Waals surface area contributed by atoms with Gasteiger partial charge in [0.25, 0.3) is 0 Å². The summed E-state index contributed by atoms with van der Waals surface area (Å²) in [5.74, 6) is -0.775. The zero-order chi connectivity index (χ0) is 17.6. The van der Waals surface area contributed by atoms with Crippen molar-refractivity contribution in [1.29, 1.82) is 0 Å². The van der Waals surface area contributed by atoms with Crippen LogP contribution < -0.4 is 10.6 Å². The highest BCUT2D eigenvalue weighted by Crippen LogP contribution is 2.10. The number of amides is 1. The molecule has 6 heteroatoms. The Morgan fingerprint density at radius 2 is 1.91 bits per heavy atom. The summed E-state index contributed by atoms with van der Waals surface area (Å²) in [6.45, 7) is 9.92. The number of ether oxygens (including phenoxy) is 1. The topological polar surface area (TPSA) is 50.4 Å². The number of hydrogen-bond acceptors (Lipinski definition) is 3. The van der Waals surface area contributed by atoms with Crippen molar-refractivity contribution < 1.29 is 18.3 Å². The van der Waals surface area contributed by atoms with Crippen LogP contribution in [-0.4, -0.2) is 24.3 Å². The van der Waals surface area contributed by atoms with Crippen LogP contribution in [0.1, 0.15) is 40.2 Å². The Hall–Kier alpha value is -1.69. The molecule has 0 aromatic heterocycles. The minimum Gasteiger partial charge on any atom is -0.444 e. The molecule has 0 spiro atoms. The lowest BCUT2D eigenvalue weighted by molar-refractivity contribution is 0.0490. The van der Waals surface area contributed by atoms with Gasteiger partial charge < -0.3 is 15.4 Å². The maximum absolute atomic E-state index is 13.6. The van der Waals surface area contributed by atoms with E-state index in [0.717, 1.165) is 18.2 Å². The molecular weight excluding hydrogens is 302 g/mol. The van der Waals surface area contributed by atoms with E-state index in [9.17, 15) is 13.6 Å². The fourth-order valence-corrected chi connectivity index (χ4v) is 1.95. The van der Waals surface area contributed by atoms with Crippen LogP contribution in [-0.2, 0) is 11.3 Å². The van der Waals surface area contributed by atoms with E-state index in [0.29, 0.717) is 6.54 Å². The summed E-state index contributed by atoms with van der Waals surface area (Å²) < 4.78 is 31.9. The number of rotatable bonds is 6. The molecule has 0 radical (unpaired) electrons. The summed E-state index contributed by atoms with van der Waals surface area (Å²) in [5.41, 5.74) is -0.311. The maximum atomic E-state index is 13.6. The number of benzene rings is 1. The Bertz CT molecular complexity index is 528. The molecule has 0 bridgehead atoms. The third kappa shape index (κ3) is 7.41. The third-order valence-corrected chi connectivity index (χ3v) is 3.19. The smallest absolute Gasteiger partial charge is 0.407 e. The van der Waals surface area contributed by atoms with Crippen molar-refractivity contribution >= 4 is 6.09 Å². The first-order valence-corrected chi connectivity index (χ1v) is 7.72. The SMILES string of the molecule is CC(C)C(CNCc1cc(F)ccc1F)NC(=O)OC(C)(C)C. The maximum Gasteiger partial charge on any atom is 0.407 e. The van der Waals surface area contributed by atoms with E-state index < -0.39 is 23.3 Å². The van der Waals surface area contributed by atoms with Gasteiger partial charge in [-0.1, -0.05) is 13.8 Å². The second-order valence-corrected chi connectivity index (χ2v) is 6.86. The van der Waals surface area contributed by atoms with Crippen LogP contribution in [0.2, 0.25) is 0 Å². The van der Waals surface area contributed by atoms with Gasteiger partial charge in [-0.3, -0.25) is 0 Å². The number of halogens is 2. The summed E-state index contributed by atoms with van der Waals surface area (Å²) in [7, 11) is 0. The van der Waals surface area contributed by atoms with E-state index in [1.807, 2.05) is 13.8 Å². The Labute approximate surface area is 136 Å². The van der Waals surface area contributed by atoms with E-state index in [1.165, 1.54) is 0 Å². The first-order chi connectivity index (χ1) is 10.6. The quantitative estimate of drug-likeness (QED) is 0.839. The zero-order valence-electron chi connectivity index (χ0n) is 14.4. The van der Waals surface area contributed by atoms with Crippen LogP contribution >= 0.6 is 0 Å². The Kier molecular flexibility index (Phi) is 6.94. The van der Waals surface area contributed by atoms with E-state index in [1.54, 1.807) is 20.8 Å². The Balaban J connectivity index is 2.53. The normalized spacial score (nSPS) is 13.0. The summed E-state index contributed by atoms with van der Waals surface area (Å²) in [6, 6.07) is 3.17. The molecule has 23 heavy (non-hydrogen) atoms. The molecule has 0 aliphatic carbocycles. The molecule has 4 nitrogen and oxygen atoms in total. The van der Waals surface area contributed by atoms with Gasteiger partial charge in [0.1, 0.15) is 17.2 Å². The molecule has 1 unspecified atom stereocenters. The number of alkyl carbamates (subject to hydrolysis) is 1. The standard InChI is InChI=1S/C17H26F2N2O2/c1-11(2)15(21-16(22)23-17(3,4)5)10-20-9-12-8-13(18)6-7-14(12)19/h6-8,11,15,20H,9-10H2,1-5H3,(H,21,22). The van der Waals surface area contributed by atoms with Crippen molar-refractivity contribution in [3.8, 4) is 0 Å². The van der Waals surface area contributed by atoms with Gasteiger partial charge in [0.05, 0.1) is 0 Å². The van der Waals surface area contributed by atoms with Gasteiger partial charge in [-0.25, -0.2) is 13.6 Å². The van der Waals surface area contributed by atoms with E-state index in [2.05, 4.69) is 10.6 Å². The Morgan fingerprint density at radius 1 is 1.26 bits per heavy atom. The van der Waals surface area contributed by atoms with Gasteiger partial charge >= 0.3 is 6.09 Å². The molecule has 0 saturated heterocycles. The van der Waals surface area contributed by atoms with Crippen molar-refractivity contribution in [1.82, 2.24) is 10.6 Å². The van der Waals surface area contributed by atoms with Crippen LogP contribution in [0, 0.1) is 17.6 Å². The van der Waals surface area contributed by atoms with Crippen molar-refractivity contribution in [2.75, 3.05) is 6.54 Å². The average molecular weight is 328 g/mol. The van der Waals surface area contributed by atoms with E-state index in [-0.39, 0.29) is 24.1 Å². The first-order valence-electron chi connectivity index (χ1n) is 7.72. The predicted octanol–water partition coefficient (Wildman–Crippen LogP) is 3.60. The minimum absolute atomic E-state index is 0.160. The van der Waals surface area contributed by atoms with Crippen molar-refractivity contribution in [2.45, 2.75) is 52.8 Å². The lowest BCUT2D eigenvalue weighted by atomic mass is 10.0. The van der Waals surface area contributed by atoms with Gasteiger partial charge in [-0.15, -0.1) is 0 Å². The van der Waals surface area contributed by atoms with Crippen molar-refractivity contribution in [2.24, 2.45) is 5.92 Å². The first kappa shape index (κ1) is 19.4. The molecule has 2 N–H and O–H groups in total. The van der Waals surface area contributed by atoms with Gasteiger partial charge in [0, 0.05) is 24.7 Å². The molecule has 0 heterocycles. The predicted molar refractivity (Wildman–Crippen MR) is 86.1 cm³/mol. The number of hydrogen-bond donors (Lipinski definition) is 2. The molecule has 1 amide bonds. The average Bonchev–Trinajstić information content (AvgIpc) is 2.39. The van der Waals surface area contributed by atoms with Crippen molar-refractivity contribution in [3.63, 3.8) is 0 Å². The lowest BCUT2D eigenvalue weighted by Gasteiger charge is -2.26. The largest absolute Gasteiger partial charge is 0.444 e. The highest BCUT2D eigenvalue weighted by molar-refractivity contribution is 5.68. The fraction of sp³-hybridized carbons (Fsp3) is 0.588. The minimum atomic E-state index is -0.566. The molecule has 0 fully saturated rings. The van der Waals surface area contributed by atoms with Crippen LogP contribution in [0.4, 0.5) is 13.6 Å². The molecule has 1 aromatic rings. The summed E-state index contributed by atoms with van der Waals surface area (Å²) >= 11 is 0. The second-order valence-electron chi connectivity index (χ2n) is 6.86. The summed E-state index contributed by atoms with van der Waals surface area (Å²) in [6.07, 6.45) is -0.491. The Morgan fingerprint density at radius 3 is 2.48 bits per heavy atom. The van der Waals surface area contributed by atoms with Gasteiger partial charge in [-0.2, -0.15) is 0 Å². The van der Waals surface area contributed by atoms with Crippen LogP contribution in [0.25, 0.3) is 0 Å². The van der Waals surface area contributed by atoms with E-state index in [4.69, 9.17) is 4.74 Å². The summed E-state index contributed by atoms with van der Waals surface area (Å²) in [4.78, 5) is 11.8. The molecule has 1 atom stereocenters. The fourth-order valence-electron chi connectivity index (χ4n) is 1.95. The molecule has 1 rings (SSSR count). The van der Waals surface area contributed by atoms with Crippen LogP contribution in [0.15, 0.2) is 18.2 Å². The van der Waals surface area contributed by atoms with E-state index >= 15 is 0 Å². The molecule has 0 aliphatic heterocycles. The third-order valence-electron chi connectivity index (χ3n) is 3.19. The van der Waals surface area contributed by atoms with Crippen LogP contribution in [0.5, 0.6) is 0 Å². The second kappa shape index (κ2) is 8.24. The number of carbonyl (C=O) groups excluding carboxylic acids is 1. The molecule has 0 saturated carbocycles. The highest BCUT2D eigenvalue weighted by Gasteiger charge is 2.21. The molecule has 130 valence electrons.